The first kappa shape index (κ1) is 22.9. The summed E-state index contributed by atoms with van der Waals surface area (Å²) in [6, 6.07) is 19.0. The first-order chi connectivity index (χ1) is 15.8. The van der Waals surface area contributed by atoms with Gasteiger partial charge in [-0.1, -0.05) is 68.1 Å². The van der Waals surface area contributed by atoms with Crippen LogP contribution in [0.15, 0.2) is 76.5 Å². The Kier molecular flexibility index (Phi) is 6.44. The minimum atomic E-state index is -0.463. The molecule has 0 bridgehead atoms. The number of nitriles is 1. The lowest BCUT2D eigenvalue weighted by atomic mass is 9.69. The molecule has 0 saturated heterocycles. The van der Waals surface area contributed by atoms with Crippen molar-refractivity contribution < 1.29 is 14.3 Å². The second kappa shape index (κ2) is 9.29. The van der Waals surface area contributed by atoms with E-state index in [9.17, 15) is 14.9 Å². The van der Waals surface area contributed by atoms with Crippen molar-refractivity contribution in [3.05, 3.63) is 87.6 Å². The molecule has 33 heavy (non-hydrogen) atoms. The van der Waals surface area contributed by atoms with Gasteiger partial charge < -0.3 is 10.1 Å². The van der Waals surface area contributed by atoms with Crippen molar-refractivity contribution in [2.24, 2.45) is 5.41 Å². The summed E-state index contributed by atoms with van der Waals surface area (Å²) in [5.74, 6) is 0.505. The number of ether oxygens (including phenoxy) is 1. The molecule has 0 saturated carbocycles. The molecule has 2 aromatic rings. The van der Waals surface area contributed by atoms with Gasteiger partial charge in [0.25, 0.3) is 0 Å². The molecule has 0 aromatic heterocycles. The van der Waals surface area contributed by atoms with Gasteiger partial charge in [0, 0.05) is 23.3 Å². The Bertz CT molecular complexity index is 1190. The summed E-state index contributed by atoms with van der Waals surface area (Å²) in [4.78, 5) is 26.0. The van der Waals surface area contributed by atoms with E-state index in [1.54, 1.807) is 19.2 Å². The van der Waals surface area contributed by atoms with Gasteiger partial charge in [0.2, 0.25) is 0 Å². The molecule has 6 heteroatoms. The zero-order valence-electron chi connectivity index (χ0n) is 19.0. The topological polar surface area (TPSA) is 79.2 Å². The summed E-state index contributed by atoms with van der Waals surface area (Å²) in [6.45, 7) is 4.15. The molecular formula is C27H26N2O3S. The number of hydrogen-bond donors (Lipinski definition) is 1. The van der Waals surface area contributed by atoms with E-state index >= 15 is 0 Å². The van der Waals surface area contributed by atoms with E-state index in [1.807, 2.05) is 42.5 Å². The minimum Gasteiger partial charge on any atom is -0.497 e. The van der Waals surface area contributed by atoms with Gasteiger partial charge in [0.1, 0.15) is 5.75 Å². The van der Waals surface area contributed by atoms with Crippen LogP contribution >= 0.6 is 11.8 Å². The third-order valence-corrected chi connectivity index (χ3v) is 7.04. The number of dihydropyridines is 1. The number of rotatable bonds is 6. The highest BCUT2D eigenvalue weighted by atomic mass is 32.2. The van der Waals surface area contributed by atoms with Gasteiger partial charge in [-0.3, -0.25) is 9.59 Å². The summed E-state index contributed by atoms with van der Waals surface area (Å²) in [6.07, 6.45) is 1.14. The van der Waals surface area contributed by atoms with Crippen molar-refractivity contribution in [3.63, 3.8) is 0 Å². The van der Waals surface area contributed by atoms with Crippen LogP contribution in [0.3, 0.4) is 0 Å². The van der Waals surface area contributed by atoms with Crippen LogP contribution in [0.5, 0.6) is 5.75 Å². The molecule has 1 atom stereocenters. The third-order valence-electron chi connectivity index (χ3n) is 6.02. The average Bonchev–Trinajstić information content (AvgIpc) is 2.81. The summed E-state index contributed by atoms with van der Waals surface area (Å²) in [5.41, 5.74) is 3.31. The summed E-state index contributed by atoms with van der Waals surface area (Å²) in [7, 11) is 1.60. The lowest BCUT2D eigenvalue weighted by molar-refractivity contribution is -0.118. The van der Waals surface area contributed by atoms with Gasteiger partial charge in [-0.25, -0.2) is 0 Å². The van der Waals surface area contributed by atoms with Crippen LogP contribution in [0, 0.1) is 16.7 Å². The Hall–Kier alpha value is -3.30. The van der Waals surface area contributed by atoms with E-state index in [-0.39, 0.29) is 22.7 Å². The van der Waals surface area contributed by atoms with Crippen molar-refractivity contribution in [3.8, 4) is 11.8 Å². The number of carbonyl (C=O) groups excluding carboxylic acids is 2. The number of carbonyl (C=O) groups is 2. The SMILES string of the molecule is COc1ccc(C2C(C#N)=C(SCC(=O)c3ccccc3)NC3=C2C(=O)CC(C)(C)C3)cc1. The maximum Gasteiger partial charge on any atom is 0.173 e. The molecule has 5 nitrogen and oxygen atoms in total. The molecule has 168 valence electrons. The summed E-state index contributed by atoms with van der Waals surface area (Å²) in [5, 5.41) is 14.2. The Morgan fingerprint density at radius 1 is 1.15 bits per heavy atom. The van der Waals surface area contributed by atoms with Crippen molar-refractivity contribution in [1.82, 2.24) is 5.32 Å². The monoisotopic (exact) mass is 458 g/mol. The normalized spacial score (nSPS) is 19.5. The molecule has 1 heterocycles. The number of nitrogens with zero attached hydrogens (tertiary/aromatic N) is 1. The fourth-order valence-electron chi connectivity index (χ4n) is 4.46. The van der Waals surface area contributed by atoms with Crippen LogP contribution in [0.2, 0.25) is 0 Å². The molecule has 1 aliphatic heterocycles. The number of methoxy groups -OCH3 is 1. The van der Waals surface area contributed by atoms with E-state index in [0.717, 1.165) is 11.3 Å². The predicted octanol–water partition coefficient (Wildman–Crippen LogP) is 5.38. The number of nitrogens with one attached hydrogen (secondary N) is 1. The Balaban J connectivity index is 1.73. The maximum atomic E-state index is 13.3. The molecule has 2 aliphatic rings. The lowest BCUT2D eigenvalue weighted by Crippen LogP contribution is -2.37. The molecule has 0 radical (unpaired) electrons. The number of thioether (sulfide) groups is 1. The highest BCUT2D eigenvalue weighted by molar-refractivity contribution is 8.03. The highest BCUT2D eigenvalue weighted by Crippen LogP contribution is 2.48. The molecule has 0 amide bonds. The van der Waals surface area contributed by atoms with E-state index < -0.39 is 5.92 Å². The molecule has 1 N–H and O–H groups in total. The Labute approximate surface area is 198 Å². The van der Waals surface area contributed by atoms with E-state index in [1.165, 1.54) is 11.8 Å². The quantitative estimate of drug-likeness (QED) is 0.586. The number of ketones is 2. The van der Waals surface area contributed by atoms with Gasteiger partial charge in [-0.2, -0.15) is 5.26 Å². The van der Waals surface area contributed by atoms with Crippen molar-refractivity contribution in [2.75, 3.05) is 12.9 Å². The van der Waals surface area contributed by atoms with Crippen molar-refractivity contribution >= 4 is 23.3 Å². The smallest absolute Gasteiger partial charge is 0.173 e. The van der Waals surface area contributed by atoms with E-state index in [2.05, 4.69) is 25.2 Å². The van der Waals surface area contributed by atoms with Crippen LogP contribution < -0.4 is 10.1 Å². The molecule has 1 aliphatic carbocycles. The molecule has 0 fully saturated rings. The number of hydrogen-bond acceptors (Lipinski definition) is 6. The van der Waals surface area contributed by atoms with Crippen LogP contribution in [-0.4, -0.2) is 24.4 Å². The van der Waals surface area contributed by atoms with Gasteiger partial charge in [-0.15, -0.1) is 0 Å². The zero-order chi connectivity index (χ0) is 23.6. The van der Waals surface area contributed by atoms with E-state index in [4.69, 9.17) is 4.74 Å². The number of allylic oxidation sites excluding steroid dienone is 3. The molecule has 4 rings (SSSR count). The molecule has 2 aromatic carbocycles. The van der Waals surface area contributed by atoms with Crippen LogP contribution in [0.25, 0.3) is 0 Å². The Morgan fingerprint density at radius 3 is 2.48 bits per heavy atom. The van der Waals surface area contributed by atoms with E-state index in [0.29, 0.717) is 40.3 Å². The van der Waals surface area contributed by atoms with Crippen LogP contribution in [0.1, 0.15) is 48.5 Å². The number of benzene rings is 2. The standard InChI is InChI=1S/C27H26N2O3S/c1-27(2)13-21-25(22(30)14-27)24(18-9-11-19(32-3)12-10-18)20(15-28)26(29-21)33-16-23(31)17-7-5-4-6-8-17/h4-12,24,29H,13-14,16H2,1-3H3. The van der Waals surface area contributed by atoms with Gasteiger partial charge in [-0.05, 0) is 29.5 Å². The summed E-state index contributed by atoms with van der Waals surface area (Å²) < 4.78 is 5.28. The lowest BCUT2D eigenvalue weighted by Gasteiger charge is -2.39. The first-order valence-electron chi connectivity index (χ1n) is 10.9. The summed E-state index contributed by atoms with van der Waals surface area (Å²) >= 11 is 1.32. The fourth-order valence-corrected chi connectivity index (χ4v) is 5.42. The van der Waals surface area contributed by atoms with Gasteiger partial charge >= 0.3 is 0 Å². The Morgan fingerprint density at radius 2 is 1.85 bits per heavy atom. The van der Waals surface area contributed by atoms with Crippen molar-refractivity contribution in [1.29, 1.82) is 5.26 Å². The van der Waals surface area contributed by atoms with Crippen molar-refractivity contribution in [2.45, 2.75) is 32.6 Å². The second-order valence-electron chi connectivity index (χ2n) is 9.10. The minimum absolute atomic E-state index is 0.00647. The highest BCUT2D eigenvalue weighted by Gasteiger charge is 2.41. The molecule has 1 unspecified atom stereocenters. The first-order valence-corrected chi connectivity index (χ1v) is 11.8. The molecule has 0 spiro atoms. The zero-order valence-corrected chi connectivity index (χ0v) is 19.8. The molecular weight excluding hydrogens is 432 g/mol. The maximum absolute atomic E-state index is 13.3. The predicted molar refractivity (Wildman–Crippen MR) is 130 cm³/mol. The van der Waals surface area contributed by atoms with Crippen LogP contribution in [0.4, 0.5) is 0 Å². The van der Waals surface area contributed by atoms with Gasteiger partial charge in [0.15, 0.2) is 11.6 Å². The number of Topliss-reactive ketones (excluding diaryl/α,β-unsaturated/α-hetero) is 2. The fraction of sp³-hybridized carbons (Fsp3) is 0.296. The van der Waals surface area contributed by atoms with Gasteiger partial charge in [0.05, 0.1) is 35.5 Å². The van der Waals surface area contributed by atoms with Crippen LogP contribution in [-0.2, 0) is 4.79 Å². The third kappa shape index (κ3) is 4.74. The second-order valence-corrected chi connectivity index (χ2v) is 10.1. The average molecular weight is 459 g/mol. The largest absolute Gasteiger partial charge is 0.497 e.